The lowest BCUT2D eigenvalue weighted by Crippen LogP contribution is -2.51. The Hall–Kier alpha value is -1.63. The fraction of sp³-hybridized carbons (Fsp3) is 0.708. The molecular weight excluding hydrogens is 372 g/mol. The number of nitrogen functional groups attached to an aromatic ring is 1. The number of aromatic nitrogens is 2. The minimum Gasteiger partial charge on any atom is -0.369 e. The molecule has 6 heteroatoms. The van der Waals surface area contributed by atoms with Gasteiger partial charge in [-0.25, -0.2) is 4.98 Å². The Balaban J connectivity index is 1.69. The summed E-state index contributed by atoms with van der Waals surface area (Å²) in [6.07, 6.45) is 15.6. The number of unbranched alkanes of at least 4 members (excludes halogenated alkanes) is 2. The van der Waals surface area contributed by atoms with Crippen LogP contribution in [-0.2, 0) is 6.42 Å². The van der Waals surface area contributed by atoms with Crippen LogP contribution in [0, 0.1) is 17.8 Å². The van der Waals surface area contributed by atoms with Gasteiger partial charge in [-0.15, -0.1) is 0 Å². The van der Waals surface area contributed by atoms with Gasteiger partial charge in [0.25, 0.3) is 0 Å². The fourth-order valence-corrected chi connectivity index (χ4v) is 4.26. The summed E-state index contributed by atoms with van der Waals surface area (Å²) in [4.78, 5) is 7.16. The van der Waals surface area contributed by atoms with Crippen LogP contribution in [-0.4, -0.2) is 35.6 Å². The lowest BCUT2D eigenvalue weighted by molar-refractivity contribution is 0.306. The average Bonchev–Trinajstić information content (AvgIpc) is 3.15. The molecule has 0 saturated carbocycles. The van der Waals surface area contributed by atoms with E-state index in [2.05, 4.69) is 72.1 Å². The highest BCUT2D eigenvalue weighted by atomic mass is 15.4. The van der Waals surface area contributed by atoms with E-state index in [0.717, 1.165) is 31.5 Å². The molecule has 0 bridgehead atoms. The average molecular weight is 417 g/mol. The Kier molecular flexibility index (Phi) is 10.6. The van der Waals surface area contributed by atoms with Crippen LogP contribution in [0.25, 0.3) is 0 Å². The summed E-state index contributed by atoms with van der Waals surface area (Å²) < 4.78 is 0. The maximum absolute atomic E-state index is 5.64. The van der Waals surface area contributed by atoms with Crippen molar-refractivity contribution in [2.45, 2.75) is 78.3 Å². The van der Waals surface area contributed by atoms with Crippen LogP contribution in [0.1, 0.15) is 65.5 Å². The standard InChI is InChI=1S/C24H44N6/c1-17-10-9-11-21(14-17)19(3)18(2)15-27-20(4)23(30-26-5)13-8-6-7-12-22-16-28-24(25)29-22/h9-11,16-20,23,26-27,30H,6-8,12-15H2,1-5H3,(H3,25,28,29). The summed E-state index contributed by atoms with van der Waals surface area (Å²) in [7, 11) is 1.96. The highest BCUT2D eigenvalue weighted by Crippen LogP contribution is 2.29. The molecule has 6 nitrogen and oxygen atoms in total. The predicted molar refractivity (Wildman–Crippen MR) is 128 cm³/mol. The third kappa shape index (κ3) is 8.25. The molecule has 5 atom stereocenters. The van der Waals surface area contributed by atoms with Gasteiger partial charge in [-0.1, -0.05) is 57.4 Å². The van der Waals surface area contributed by atoms with Gasteiger partial charge in [0.05, 0.1) is 6.20 Å². The molecule has 0 aliphatic heterocycles. The molecule has 1 aromatic heterocycles. The predicted octanol–water partition coefficient (Wildman–Crippen LogP) is 3.96. The molecule has 0 amide bonds. The molecule has 170 valence electrons. The minimum absolute atomic E-state index is 0.414. The largest absolute Gasteiger partial charge is 0.369 e. The van der Waals surface area contributed by atoms with Crippen molar-refractivity contribution >= 4 is 5.95 Å². The normalized spacial score (nSPS) is 20.6. The van der Waals surface area contributed by atoms with Crippen LogP contribution in [0.15, 0.2) is 30.0 Å². The van der Waals surface area contributed by atoms with Crippen LogP contribution < -0.4 is 21.9 Å². The number of imidazole rings is 1. The maximum atomic E-state index is 5.64. The summed E-state index contributed by atoms with van der Waals surface area (Å²) >= 11 is 0. The van der Waals surface area contributed by atoms with E-state index in [1.54, 1.807) is 5.57 Å². The molecule has 0 fully saturated rings. The van der Waals surface area contributed by atoms with E-state index in [9.17, 15) is 0 Å². The van der Waals surface area contributed by atoms with Crippen LogP contribution in [0.5, 0.6) is 0 Å². The second-order valence-electron chi connectivity index (χ2n) is 9.16. The summed E-state index contributed by atoms with van der Waals surface area (Å²) in [5, 5.41) is 3.79. The van der Waals surface area contributed by atoms with Gasteiger partial charge >= 0.3 is 0 Å². The van der Waals surface area contributed by atoms with Crippen molar-refractivity contribution in [2.75, 3.05) is 19.3 Å². The molecule has 0 saturated heterocycles. The molecule has 5 unspecified atom stereocenters. The molecule has 1 aliphatic carbocycles. The van der Waals surface area contributed by atoms with Gasteiger partial charge in [0.1, 0.15) is 0 Å². The monoisotopic (exact) mass is 416 g/mol. The van der Waals surface area contributed by atoms with Crippen LogP contribution in [0.2, 0.25) is 0 Å². The second kappa shape index (κ2) is 12.9. The molecule has 0 aromatic carbocycles. The molecule has 1 heterocycles. The van der Waals surface area contributed by atoms with E-state index in [1.807, 2.05) is 13.2 Å². The fourth-order valence-electron chi connectivity index (χ4n) is 4.26. The number of aryl methyl sites for hydroxylation is 1. The molecule has 1 aromatic rings. The summed E-state index contributed by atoms with van der Waals surface area (Å²) in [5.74, 6) is 2.41. The number of hydrogen-bond donors (Lipinski definition) is 5. The van der Waals surface area contributed by atoms with Gasteiger partial charge < -0.3 is 16.0 Å². The topological polar surface area (TPSA) is 90.8 Å². The number of aromatic amines is 1. The SMILES string of the molecule is CNNC(CCCCCc1cnc(N)[nH]1)C(C)NCC(C)C(C)C1=CC=CC(C)C1. The zero-order valence-electron chi connectivity index (χ0n) is 19.7. The van der Waals surface area contributed by atoms with Gasteiger partial charge in [0, 0.05) is 17.8 Å². The van der Waals surface area contributed by atoms with Gasteiger partial charge in [0.2, 0.25) is 0 Å². The molecule has 1 aliphatic rings. The lowest BCUT2D eigenvalue weighted by Gasteiger charge is -2.30. The quantitative estimate of drug-likeness (QED) is 0.234. The van der Waals surface area contributed by atoms with Gasteiger partial charge in [-0.05, 0) is 64.0 Å². The first-order valence-corrected chi connectivity index (χ1v) is 11.7. The summed E-state index contributed by atoms with van der Waals surface area (Å²) in [6.45, 7) is 10.4. The van der Waals surface area contributed by atoms with Crippen LogP contribution in [0.3, 0.4) is 0 Å². The third-order valence-electron chi connectivity index (χ3n) is 6.55. The number of hydrogen-bond acceptors (Lipinski definition) is 5. The van der Waals surface area contributed by atoms with Crippen molar-refractivity contribution in [2.24, 2.45) is 17.8 Å². The number of allylic oxidation sites excluding steroid dienone is 4. The van der Waals surface area contributed by atoms with Crippen LogP contribution >= 0.6 is 0 Å². The Morgan fingerprint density at radius 2 is 2.03 bits per heavy atom. The summed E-state index contributed by atoms with van der Waals surface area (Å²) in [6, 6.07) is 0.829. The van der Waals surface area contributed by atoms with Crippen molar-refractivity contribution in [3.05, 3.63) is 35.7 Å². The number of anilines is 1. The lowest BCUT2D eigenvalue weighted by atomic mass is 9.81. The van der Waals surface area contributed by atoms with Crippen molar-refractivity contribution in [3.63, 3.8) is 0 Å². The summed E-state index contributed by atoms with van der Waals surface area (Å²) in [5.41, 5.74) is 15.0. The maximum Gasteiger partial charge on any atom is 0.197 e. The van der Waals surface area contributed by atoms with E-state index in [-0.39, 0.29) is 0 Å². The van der Waals surface area contributed by atoms with Gasteiger partial charge in [-0.2, -0.15) is 0 Å². The Labute approximate surface area is 183 Å². The number of hydrazine groups is 1. The van der Waals surface area contributed by atoms with Crippen molar-refractivity contribution in [1.29, 1.82) is 0 Å². The van der Waals surface area contributed by atoms with Crippen LogP contribution in [0.4, 0.5) is 5.95 Å². The molecule has 0 spiro atoms. The van der Waals surface area contributed by atoms with E-state index in [0.29, 0.717) is 35.8 Å². The zero-order valence-corrected chi connectivity index (χ0v) is 19.7. The van der Waals surface area contributed by atoms with E-state index < -0.39 is 0 Å². The highest BCUT2D eigenvalue weighted by molar-refractivity contribution is 5.21. The van der Waals surface area contributed by atoms with E-state index >= 15 is 0 Å². The second-order valence-corrected chi connectivity index (χ2v) is 9.16. The molecule has 30 heavy (non-hydrogen) atoms. The smallest absolute Gasteiger partial charge is 0.197 e. The van der Waals surface area contributed by atoms with Crippen molar-refractivity contribution in [3.8, 4) is 0 Å². The number of nitrogens with zero attached hydrogens (tertiary/aromatic N) is 1. The molecular formula is C24H44N6. The van der Waals surface area contributed by atoms with Crippen molar-refractivity contribution < 1.29 is 0 Å². The first-order chi connectivity index (χ1) is 14.4. The minimum atomic E-state index is 0.414. The zero-order chi connectivity index (χ0) is 21.9. The Morgan fingerprint density at radius 3 is 2.70 bits per heavy atom. The van der Waals surface area contributed by atoms with E-state index in [1.165, 1.54) is 19.3 Å². The van der Waals surface area contributed by atoms with Gasteiger partial charge in [-0.3, -0.25) is 10.9 Å². The van der Waals surface area contributed by atoms with E-state index in [4.69, 9.17) is 5.73 Å². The Bertz CT molecular complexity index is 664. The highest BCUT2D eigenvalue weighted by Gasteiger charge is 2.21. The van der Waals surface area contributed by atoms with Gasteiger partial charge in [0.15, 0.2) is 5.95 Å². The Morgan fingerprint density at radius 1 is 1.23 bits per heavy atom. The number of rotatable bonds is 14. The van der Waals surface area contributed by atoms with Crippen molar-refractivity contribution in [1.82, 2.24) is 26.1 Å². The first-order valence-electron chi connectivity index (χ1n) is 11.7. The molecule has 2 rings (SSSR count). The first kappa shape index (κ1) is 24.6. The molecule has 0 radical (unpaired) electrons. The number of nitrogens with two attached hydrogens (primary N) is 1. The third-order valence-corrected chi connectivity index (χ3v) is 6.55. The number of nitrogens with one attached hydrogen (secondary N) is 4. The number of H-pyrrole nitrogens is 1. The molecule has 6 N–H and O–H groups in total.